The van der Waals surface area contributed by atoms with E-state index in [0.29, 0.717) is 12.4 Å². The molecule has 6 nitrogen and oxygen atoms in total. The molecule has 0 radical (unpaired) electrons. The third-order valence-corrected chi connectivity index (χ3v) is 3.56. The SMILES string of the molecule is CCc1nn(C)c2c1nc(CCl)n2Cc1cc(C)on1. The summed E-state index contributed by atoms with van der Waals surface area (Å²) in [5, 5.41) is 8.53. The lowest BCUT2D eigenvalue weighted by atomic mass is 10.3. The van der Waals surface area contributed by atoms with E-state index in [4.69, 9.17) is 16.1 Å². The first-order valence-corrected chi connectivity index (χ1v) is 7.06. The molecular weight excluding hydrogens is 278 g/mol. The highest BCUT2D eigenvalue weighted by molar-refractivity contribution is 6.16. The van der Waals surface area contributed by atoms with Crippen LogP contribution < -0.4 is 0 Å². The van der Waals surface area contributed by atoms with Crippen molar-refractivity contribution in [2.24, 2.45) is 7.05 Å². The molecular formula is C13H16ClN5O. The topological polar surface area (TPSA) is 61.7 Å². The molecule has 0 aliphatic heterocycles. The molecule has 0 unspecified atom stereocenters. The van der Waals surface area contributed by atoms with Crippen molar-refractivity contribution in [3.8, 4) is 0 Å². The zero-order valence-electron chi connectivity index (χ0n) is 11.7. The van der Waals surface area contributed by atoms with Gasteiger partial charge in [0.25, 0.3) is 0 Å². The molecule has 0 bridgehead atoms. The predicted octanol–water partition coefficient (Wildman–Crippen LogP) is 2.42. The Bertz CT molecular complexity index is 754. The number of aromatic nitrogens is 5. The monoisotopic (exact) mass is 293 g/mol. The van der Waals surface area contributed by atoms with Crippen LogP contribution in [0.1, 0.15) is 29.9 Å². The minimum Gasteiger partial charge on any atom is -0.361 e. The van der Waals surface area contributed by atoms with E-state index in [1.54, 1.807) is 0 Å². The van der Waals surface area contributed by atoms with Crippen LogP contribution in [0.3, 0.4) is 0 Å². The molecule has 7 heteroatoms. The van der Waals surface area contributed by atoms with Crippen molar-refractivity contribution >= 4 is 22.8 Å². The van der Waals surface area contributed by atoms with Crippen LogP contribution in [-0.4, -0.2) is 24.5 Å². The molecule has 0 aromatic carbocycles. The summed E-state index contributed by atoms with van der Waals surface area (Å²) in [6.07, 6.45) is 0.846. The normalized spacial score (nSPS) is 11.6. The summed E-state index contributed by atoms with van der Waals surface area (Å²) < 4.78 is 9.02. The van der Waals surface area contributed by atoms with Crippen LogP contribution in [0.5, 0.6) is 0 Å². The van der Waals surface area contributed by atoms with Crippen LogP contribution in [0.2, 0.25) is 0 Å². The molecule has 0 saturated heterocycles. The Hall–Kier alpha value is -1.82. The second-order valence-corrected chi connectivity index (χ2v) is 5.04. The molecule has 0 aliphatic carbocycles. The summed E-state index contributed by atoms with van der Waals surface area (Å²) in [5.74, 6) is 1.97. The summed E-state index contributed by atoms with van der Waals surface area (Å²) in [5.41, 5.74) is 3.74. The van der Waals surface area contributed by atoms with E-state index in [1.807, 2.05) is 29.3 Å². The van der Waals surface area contributed by atoms with Gasteiger partial charge in [-0.25, -0.2) is 4.98 Å². The molecule has 106 valence electrons. The van der Waals surface area contributed by atoms with Crippen molar-refractivity contribution in [1.82, 2.24) is 24.5 Å². The molecule has 0 amide bonds. The van der Waals surface area contributed by atoms with Gasteiger partial charge in [-0.1, -0.05) is 12.1 Å². The van der Waals surface area contributed by atoms with E-state index < -0.39 is 0 Å². The van der Waals surface area contributed by atoms with Gasteiger partial charge in [-0.15, -0.1) is 11.6 Å². The molecule has 0 saturated carbocycles. The van der Waals surface area contributed by atoms with Gasteiger partial charge in [0.05, 0.1) is 18.1 Å². The highest BCUT2D eigenvalue weighted by Crippen LogP contribution is 2.22. The Morgan fingerprint density at radius 1 is 1.40 bits per heavy atom. The van der Waals surface area contributed by atoms with Crippen LogP contribution in [0.15, 0.2) is 10.6 Å². The molecule has 0 fully saturated rings. The Kier molecular flexibility index (Phi) is 3.25. The molecule has 3 heterocycles. The van der Waals surface area contributed by atoms with Crippen molar-refractivity contribution in [3.05, 3.63) is 29.0 Å². The molecule has 3 aromatic heterocycles. The second-order valence-electron chi connectivity index (χ2n) is 4.77. The van der Waals surface area contributed by atoms with Crippen molar-refractivity contribution in [1.29, 1.82) is 0 Å². The smallest absolute Gasteiger partial charge is 0.159 e. The van der Waals surface area contributed by atoms with E-state index in [-0.39, 0.29) is 0 Å². The first kappa shape index (κ1) is 13.2. The third-order valence-electron chi connectivity index (χ3n) is 3.32. The lowest BCUT2D eigenvalue weighted by molar-refractivity contribution is 0.389. The number of rotatable bonds is 4. The number of hydrogen-bond acceptors (Lipinski definition) is 4. The molecule has 0 spiro atoms. The van der Waals surface area contributed by atoms with Crippen LogP contribution in [0.25, 0.3) is 11.2 Å². The molecule has 3 rings (SSSR count). The predicted molar refractivity (Wildman–Crippen MR) is 75.8 cm³/mol. The van der Waals surface area contributed by atoms with Crippen LogP contribution in [0.4, 0.5) is 0 Å². The van der Waals surface area contributed by atoms with E-state index in [1.165, 1.54) is 0 Å². The van der Waals surface area contributed by atoms with Gasteiger partial charge in [-0.2, -0.15) is 5.10 Å². The quantitative estimate of drug-likeness (QED) is 0.693. The third kappa shape index (κ3) is 2.00. The maximum Gasteiger partial charge on any atom is 0.159 e. The average Bonchev–Trinajstić information content (AvgIpc) is 3.07. The number of alkyl halides is 1. The van der Waals surface area contributed by atoms with Gasteiger partial charge in [0, 0.05) is 13.1 Å². The number of hydrogen-bond donors (Lipinski definition) is 0. The van der Waals surface area contributed by atoms with Gasteiger partial charge < -0.3 is 9.09 Å². The summed E-state index contributed by atoms with van der Waals surface area (Å²) in [4.78, 5) is 4.62. The number of fused-ring (bicyclic) bond motifs is 1. The summed E-state index contributed by atoms with van der Waals surface area (Å²) in [6.45, 7) is 4.53. The zero-order valence-corrected chi connectivity index (χ0v) is 12.5. The Morgan fingerprint density at radius 2 is 2.20 bits per heavy atom. The van der Waals surface area contributed by atoms with Crippen LogP contribution in [-0.2, 0) is 25.9 Å². The van der Waals surface area contributed by atoms with Gasteiger partial charge in [0.15, 0.2) is 5.65 Å². The Labute approximate surface area is 121 Å². The van der Waals surface area contributed by atoms with Gasteiger partial charge in [0.1, 0.15) is 22.8 Å². The number of halogens is 1. The highest BCUT2D eigenvalue weighted by Gasteiger charge is 2.18. The molecule has 0 atom stereocenters. The van der Waals surface area contributed by atoms with Crippen LogP contribution in [0, 0.1) is 6.92 Å². The lowest BCUT2D eigenvalue weighted by Crippen LogP contribution is -2.07. The first-order valence-electron chi connectivity index (χ1n) is 6.53. The van der Waals surface area contributed by atoms with Crippen molar-refractivity contribution in [2.45, 2.75) is 32.7 Å². The molecule has 20 heavy (non-hydrogen) atoms. The van der Waals surface area contributed by atoms with Gasteiger partial charge >= 0.3 is 0 Å². The van der Waals surface area contributed by atoms with E-state index in [2.05, 4.69) is 22.2 Å². The number of imidazole rings is 1. The molecule has 0 N–H and O–H groups in total. The van der Waals surface area contributed by atoms with E-state index >= 15 is 0 Å². The summed E-state index contributed by atoms with van der Waals surface area (Å²) >= 11 is 6.02. The fraction of sp³-hybridized carbons (Fsp3) is 0.462. The number of nitrogens with zero attached hydrogens (tertiary/aromatic N) is 5. The molecule has 0 aliphatic rings. The zero-order chi connectivity index (χ0) is 14.3. The fourth-order valence-corrected chi connectivity index (χ4v) is 2.65. The largest absolute Gasteiger partial charge is 0.361 e. The maximum absolute atomic E-state index is 6.02. The minimum atomic E-state index is 0.356. The lowest BCUT2D eigenvalue weighted by Gasteiger charge is -2.05. The molecule has 3 aromatic rings. The maximum atomic E-state index is 6.02. The summed E-state index contributed by atoms with van der Waals surface area (Å²) in [6, 6.07) is 1.92. The fourth-order valence-electron chi connectivity index (χ4n) is 2.45. The van der Waals surface area contributed by atoms with Crippen molar-refractivity contribution in [3.63, 3.8) is 0 Å². The Morgan fingerprint density at radius 3 is 2.80 bits per heavy atom. The van der Waals surface area contributed by atoms with Gasteiger partial charge in [-0.3, -0.25) is 4.68 Å². The highest BCUT2D eigenvalue weighted by atomic mass is 35.5. The Balaban J connectivity index is 2.14. The van der Waals surface area contributed by atoms with Crippen molar-refractivity contribution < 1.29 is 4.52 Å². The van der Waals surface area contributed by atoms with Crippen LogP contribution >= 0.6 is 11.6 Å². The number of aryl methyl sites for hydroxylation is 3. The second kappa shape index (κ2) is 4.94. The summed E-state index contributed by atoms with van der Waals surface area (Å²) in [7, 11) is 1.92. The van der Waals surface area contributed by atoms with E-state index in [9.17, 15) is 0 Å². The average molecular weight is 294 g/mol. The van der Waals surface area contributed by atoms with Crippen molar-refractivity contribution in [2.75, 3.05) is 0 Å². The van der Waals surface area contributed by atoms with Gasteiger partial charge in [0.2, 0.25) is 0 Å². The minimum absolute atomic E-state index is 0.356. The van der Waals surface area contributed by atoms with E-state index in [0.717, 1.165) is 40.6 Å². The standard InChI is InChI=1S/C13H16ClN5O/c1-4-10-12-13(18(3)16-10)19(11(6-14)15-12)7-9-5-8(2)20-17-9/h5H,4,6-7H2,1-3H3. The first-order chi connectivity index (χ1) is 9.63. The van der Waals surface area contributed by atoms with Gasteiger partial charge in [-0.05, 0) is 13.3 Å².